The minimum absolute atomic E-state index is 0.0700. The van der Waals surface area contributed by atoms with Gasteiger partial charge in [-0.1, -0.05) is 45.7 Å². The Hall–Kier alpha value is -1.23. The molecule has 2 N–H and O–H groups in total. The maximum absolute atomic E-state index is 9.62. The SMILES string of the molecule is COc1ccccc1NC(CO)c1ccc(Br)cc1Cl. The van der Waals surface area contributed by atoms with Crippen LogP contribution in [0.5, 0.6) is 5.75 Å². The van der Waals surface area contributed by atoms with E-state index in [1.165, 1.54) is 0 Å². The number of aliphatic hydroxyl groups is 1. The summed E-state index contributed by atoms with van der Waals surface area (Å²) in [7, 11) is 1.61. The van der Waals surface area contributed by atoms with Gasteiger partial charge in [-0.15, -0.1) is 0 Å². The Kier molecular flexibility index (Phi) is 5.29. The average molecular weight is 357 g/mol. The Labute approximate surface area is 131 Å². The molecule has 0 fully saturated rings. The molecule has 0 spiro atoms. The molecular weight excluding hydrogens is 342 g/mol. The number of halogens is 2. The molecule has 2 aromatic rings. The molecule has 2 rings (SSSR count). The standard InChI is InChI=1S/C15H15BrClNO2/c1-20-15-5-3-2-4-13(15)18-14(9-19)11-7-6-10(16)8-12(11)17/h2-8,14,18-19H,9H2,1H3. The molecule has 0 aromatic heterocycles. The summed E-state index contributed by atoms with van der Waals surface area (Å²) in [6.45, 7) is -0.0700. The van der Waals surface area contributed by atoms with E-state index in [0.29, 0.717) is 5.02 Å². The summed E-state index contributed by atoms with van der Waals surface area (Å²) in [5.74, 6) is 0.721. The zero-order valence-electron chi connectivity index (χ0n) is 10.9. The molecule has 0 bridgehead atoms. The first kappa shape index (κ1) is 15.2. The highest BCUT2D eigenvalue weighted by atomic mass is 79.9. The zero-order chi connectivity index (χ0) is 14.5. The van der Waals surface area contributed by atoms with Gasteiger partial charge in [0.15, 0.2) is 0 Å². The average Bonchev–Trinajstić information content (AvgIpc) is 2.46. The number of rotatable bonds is 5. The summed E-state index contributed by atoms with van der Waals surface area (Å²) in [6, 6.07) is 12.8. The van der Waals surface area contributed by atoms with Crippen LogP contribution < -0.4 is 10.1 Å². The van der Waals surface area contributed by atoms with Gasteiger partial charge in [-0.05, 0) is 29.8 Å². The van der Waals surface area contributed by atoms with E-state index in [0.717, 1.165) is 21.5 Å². The summed E-state index contributed by atoms with van der Waals surface area (Å²) in [5, 5.41) is 13.5. The topological polar surface area (TPSA) is 41.5 Å². The van der Waals surface area contributed by atoms with Crippen LogP contribution in [-0.2, 0) is 0 Å². The number of ether oxygens (including phenoxy) is 1. The van der Waals surface area contributed by atoms with Gasteiger partial charge in [-0.3, -0.25) is 0 Å². The molecule has 1 atom stereocenters. The van der Waals surface area contributed by atoms with Crippen LogP contribution in [0.2, 0.25) is 5.02 Å². The molecule has 0 aliphatic heterocycles. The number of benzene rings is 2. The second kappa shape index (κ2) is 6.97. The van der Waals surface area contributed by atoms with Gasteiger partial charge in [0.05, 0.1) is 25.4 Å². The van der Waals surface area contributed by atoms with Crippen molar-refractivity contribution in [3.8, 4) is 5.75 Å². The largest absolute Gasteiger partial charge is 0.495 e. The molecule has 0 radical (unpaired) electrons. The van der Waals surface area contributed by atoms with E-state index in [4.69, 9.17) is 16.3 Å². The first-order valence-corrected chi connectivity index (χ1v) is 7.28. The van der Waals surface area contributed by atoms with E-state index < -0.39 is 0 Å². The Bertz CT molecular complexity index is 592. The number of aliphatic hydroxyl groups excluding tert-OH is 1. The van der Waals surface area contributed by atoms with Crippen molar-refractivity contribution in [3.63, 3.8) is 0 Å². The molecule has 1 unspecified atom stereocenters. The molecule has 0 saturated carbocycles. The van der Waals surface area contributed by atoms with Crippen LogP contribution in [0.25, 0.3) is 0 Å². The normalized spacial score (nSPS) is 12.0. The lowest BCUT2D eigenvalue weighted by Gasteiger charge is -2.21. The summed E-state index contributed by atoms with van der Waals surface area (Å²) in [6.07, 6.45) is 0. The smallest absolute Gasteiger partial charge is 0.141 e. The van der Waals surface area contributed by atoms with Gasteiger partial charge in [0.2, 0.25) is 0 Å². The molecule has 106 valence electrons. The molecule has 2 aromatic carbocycles. The van der Waals surface area contributed by atoms with Gasteiger partial charge in [0.25, 0.3) is 0 Å². The van der Waals surface area contributed by atoms with Crippen LogP contribution in [0.1, 0.15) is 11.6 Å². The lowest BCUT2D eigenvalue weighted by atomic mass is 10.1. The monoisotopic (exact) mass is 355 g/mol. The Morgan fingerprint density at radius 1 is 1.30 bits per heavy atom. The lowest BCUT2D eigenvalue weighted by molar-refractivity contribution is 0.276. The quantitative estimate of drug-likeness (QED) is 0.841. The Morgan fingerprint density at radius 2 is 2.05 bits per heavy atom. The van der Waals surface area contributed by atoms with Crippen molar-refractivity contribution in [1.29, 1.82) is 0 Å². The van der Waals surface area contributed by atoms with E-state index in [2.05, 4.69) is 21.2 Å². The number of hydrogen-bond acceptors (Lipinski definition) is 3. The van der Waals surface area contributed by atoms with E-state index in [9.17, 15) is 5.11 Å². The third kappa shape index (κ3) is 3.45. The fraction of sp³-hybridized carbons (Fsp3) is 0.200. The molecule has 0 heterocycles. The van der Waals surface area contributed by atoms with E-state index in [1.54, 1.807) is 7.11 Å². The van der Waals surface area contributed by atoms with Gasteiger partial charge in [-0.25, -0.2) is 0 Å². The fourth-order valence-corrected chi connectivity index (χ4v) is 2.76. The molecule has 20 heavy (non-hydrogen) atoms. The summed E-state index contributed by atoms with van der Waals surface area (Å²) in [5.41, 5.74) is 1.65. The zero-order valence-corrected chi connectivity index (χ0v) is 13.3. The Balaban J connectivity index is 2.29. The van der Waals surface area contributed by atoms with Crippen molar-refractivity contribution >= 4 is 33.2 Å². The Morgan fingerprint density at radius 3 is 2.70 bits per heavy atom. The maximum atomic E-state index is 9.62. The van der Waals surface area contributed by atoms with Crippen molar-refractivity contribution in [3.05, 3.63) is 57.5 Å². The first-order valence-electron chi connectivity index (χ1n) is 6.11. The van der Waals surface area contributed by atoms with Gasteiger partial charge in [-0.2, -0.15) is 0 Å². The minimum atomic E-state index is -0.299. The molecule has 0 aliphatic carbocycles. The van der Waals surface area contributed by atoms with Crippen LogP contribution in [-0.4, -0.2) is 18.8 Å². The van der Waals surface area contributed by atoms with Crippen LogP contribution >= 0.6 is 27.5 Å². The number of hydrogen-bond donors (Lipinski definition) is 2. The first-order chi connectivity index (χ1) is 9.65. The van der Waals surface area contributed by atoms with Crippen molar-refractivity contribution < 1.29 is 9.84 Å². The number of anilines is 1. The highest BCUT2D eigenvalue weighted by molar-refractivity contribution is 9.10. The van der Waals surface area contributed by atoms with Gasteiger partial charge in [0, 0.05) is 9.50 Å². The number of methoxy groups -OCH3 is 1. The third-order valence-corrected chi connectivity index (χ3v) is 3.78. The van der Waals surface area contributed by atoms with Crippen molar-refractivity contribution in [2.75, 3.05) is 19.0 Å². The molecule has 0 amide bonds. The third-order valence-electron chi connectivity index (χ3n) is 2.96. The predicted molar refractivity (Wildman–Crippen MR) is 85.6 cm³/mol. The van der Waals surface area contributed by atoms with E-state index in [-0.39, 0.29) is 12.6 Å². The van der Waals surface area contributed by atoms with Gasteiger partial charge >= 0.3 is 0 Å². The summed E-state index contributed by atoms with van der Waals surface area (Å²) < 4.78 is 6.19. The molecule has 0 saturated heterocycles. The van der Waals surface area contributed by atoms with Crippen molar-refractivity contribution in [2.45, 2.75) is 6.04 Å². The van der Waals surface area contributed by atoms with Crippen LogP contribution in [0.4, 0.5) is 5.69 Å². The van der Waals surface area contributed by atoms with Crippen molar-refractivity contribution in [2.24, 2.45) is 0 Å². The summed E-state index contributed by atoms with van der Waals surface area (Å²) >= 11 is 9.60. The second-order valence-electron chi connectivity index (χ2n) is 4.25. The van der Waals surface area contributed by atoms with Crippen LogP contribution in [0.3, 0.4) is 0 Å². The van der Waals surface area contributed by atoms with Crippen LogP contribution in [0, 0.1) is 0 Å². The summed E-state index contributed by atoms with van der Waals surface area (Å²) in [4.78, 5) is 0. The van der Waals surface area contributed by atoms with Crippen LogP contribution in [0.15, 0.2) is 46.9 Å². The maximum Gasteiger partial charge on any atom is 0.141 e. The molecule has 0 aliphatic rings. The molecule has 3 nitrogen and oxygen atoms in total. The highest BCUT2D eigenvalue weighted by Crippen LogP contribution is 2.31. The number of para-hydroxylation sites is 2. The highest BCUT2D eigenvalue weighted by Gasteiger charge is 2.15. The van der Waals surface area contributed by atoms with Crippen molar-refractivity contribution in [1.82, 2.24) is 0 Å². The number of nitrogens with one attached hydrogen (secondary N) is 1. The van der Waals surface area contributed by atoms with Gasteiger partial charge in [0.1, 0.15) is 5.75 Å². The lowest BCUT2D eigenvalue weighted by Crippen LogP contribution is -2.15. The fourth-order valence-electron chi connectivity index (χ4n) is 1.96. The predicted octanol–water partition coefficient (Wildman–Crippen LogP) is 4.26. The van der Waals surface area contributed by atoms with E-state index >= 15 is 0 Å². The van der Waals surface area contributed by atoms with E-state index in [1.807, 2.05) is 42.5 Å². The second-order valence-corrected chi connectivity index (χ2v) is 5.57. The minimum Gasteiger partial charge on any atom is -0.495 e. The molecular formula is C15H15BrClNO2. The molecule has 5 heteroatoms. The van der Waals surface area contributed by atoms with Gasteiger partial charge < -0.3 is 15.2 Å².